The van der Waals surface area contributed by atoms with E-state index in [1.165, 1.54) is 10.4 Å². The first-order valence-electron chi connectivity index (χ1n) is 10.9. The lowest BCUT2D eigenvalue weighted by molar-refractivity contribution is 0.0952. The van der Waals surface area contributed by atoms with E-state index >= 15 is 0 Å². The minimum absolute atomic E-state index is 0.0481. The second-order valence-corrected chi connectivity index (χ2v) is 11.5. The Morgan fingerprint density at radius 3 is 2.39 bits per heavy atom. The van der Waals surface area contributed by atoms with E-state index in [1.807, 2.05) is 13.0 Å². The number of amides is 1. The molecule has 1 amide bonds. The third-order valence-corrected chi connectivity index (χ3v) is 9.13. The average Bonchev–Trinajstić information content (AvgIpc) is 3.32. The molecule has 0 saturated carbocycles. The number of halogens is 3. The number of nitrogens with one attached hydrogen (secondary N) is 1. The van der Waals surface area contributed by atoms with E-state index in [4.69, 9.17) is 23.2 Å². The van der Waals surface area contributed by atoms with Crippen molar-refractivity contribution in [1.82, 2.24) is 14.5 Å². The van der Waals surface area contributed by atoms with Crippen molar-refractivity contribution in [2.24, 2.45) is 11.8 Å². The first-order valence-corrected chi connectivity index (χ1v) is 13.1. The monoisotopic (exact) mass is 513 g/mol. The topological polar surface area (TPSA) is 69.7 Å². The molecular formula is C23H26Cl2FN3O3S. The van der Waals surface area contributed by atoms with Crippen LogP contribution in [0.25, 0.3) is 0 Å². The summed E-state index contributed by atoms with van der Waals surface area (Å²) in [5.41, 5.74) is 1.48. The summed E-state index contributed by atoms with van der Waals surface area (Å²) >= 11 is 12.1. The van der Waals surface area contributed by atoms with Crippen molar-refractivity contribution in [2.75, 3.05) is 39.3 Å². The van der Waals surface area contributed by atoms with Crippen molar-refractivity contribution < 1.29 is 17.6 Å². The zero-order valence-electron chi connectivity index (χ0n) is 18.2. The van der Waals surface area contributed by atoms with Gasteiger partial charge in [0.15, 0.2) is 0 Å². The molecule has 0 aromatic heterocycles. The van der Waals surface area contributed by atoms with Gasteiger partial charge in [0.1, 0.15) is 10.7 Å². The summed E-state index contributed by atoms with van der Waals surface area (Å²) in [6, 6.07) is 8.63. The number of aryl methyl sites for hydroxylation is 1. The van der Waals surface area contributed by atoms with Gasteiger partial charge in [-0.25, -0.2) is 12.8 Å². The Kier molecular flexibility index (Phi) is 7.31. The molecule has 178 valence electrons. The molecule has 0 bridgehead atoms. The summed E-state index contributed by atoms with van der Waals surface area (Å²) in [4.78, 5) is 14.5. The molecule has 4 rings (SSSR count). The van der Waals surface area contributed by atoms with Gasteiger partial charge in [-0.05, 0) is 67.6 Å². The molecule has 2 atom stereocenters. The van der Waals surface area contributed by atoms with E-state index in [0.717, 1.165) is 43.8 Å². The molecule has 10 heteroatoms. The van der Waals surface area contributed by atoms with Crippen LogP contribution in [0.1, 0.15) is 22.3 Å². The molecule has 2 heterocycles. The molecular weight excluding hydrogens is 488 g/mol. The van der Waals surface area contributed by atoms with Crippen molar-refractivity contribution >= 4 is 39.1 Å². The second-order valence-electron chi connectivity index (χ2n) is 8.75. The normalized spacial score (nSPS) is 21.3. The number of likely N-dealkylation sites (tertiary alicyclic amines) is 1. The van der Waals surface area contributed by atoms with E-state index in [-0.39, 0.29) is 27.7 Å². The van der Waals surface area contributed by atoms with Crippen LogP contribution in [0, 0.1) is 24.6 Å². The molecule has 0 radical (unpaired) electrons. The van der Waals surface area contributed by atoms with Gasteiger partial charge in [-0.3, -0.25) is 4.79 Å². The molecule has 2 aromatic carbocycles. The van der Waals surface area contributed by atoms with Crippen LogP contribution in [-0.2, 0) is 10.0 Å². The lowest BCUT2D eigenvalue weighted by atomic mass is 10.0. The van der Waals surface area contributed by atoms with Crippen molar-refractivity contribution in [3.05, 3.63) is 63.4 Å². The van der Waals surface area contributed by atoms with Crippen LogP contribution in [-0.4, -0.2) is 62.8 Å². The molecule has 2 aliphatic heterocycles. The lowest BCUT2D eigenvalue weighted by Gasteiger charge is -2.22. The summed E-state index contributed by atoms with van der Waals surface area (Å²) in [5.74, 6) is -0.200. The van der Waals surface area contributed by atoms with Crippen LogP contribution in [0.4, 0.5) is 4.39 Å². The molecule has 33 heavy (non-hydrogen) atoms. The summed E-state index contributed by atoms with van der Waals surface area (Å²) in [6.45, 7) is 5.77. The van der Waals surface area contributed by atoms with Gasteiger partial charge in [-0.2, -0.15) is 4.31 Å². The molecule has 1 N–H and O–H groups in total. The van der Waals surface area contributed by atoms with Crippen molar-refractivity contribution in [3.8, 4) is 0 Å². The largest absolute Gasteiger partial charge is 0.352 e. The first-order chi connectivity index (χ1) is 15.6. The smallest absolute Gasteiger partial charge is 0.251 e. The van der Waals surface area contributed by atoms with E-state index in [9.17, 15) is 17.6 Å². The quantitative estimate of drug-likeness (QED) is 0.571. The minimum atomic E-state index is -3.75. The third kappa shape index (κ3) is 5.35. The van der Waals surface area contributed by atoms with Gasteiger partial charge in [0.2, 0.25) is 10.0 Å². The Morgan fingerprint density at radius 1 is 1.06 bits per heavy atom. The fraction of sp³-hybridized carbons (Fsp3) is 0.435. The lowest BCUT2D eigenvalue weighted by Crippen LogP contribution is -2.34. The first kappa shape index (κ1) is 24.4. The van der Waals surface area contributed by atoms with E-state index in [1.54, 1.807) is 12.1 Å². The van der Waals surface area contributed by atoms with Crippen molar-refractivity contribution in [2.45, 2.75) is 18.2 Å². The third-order valence-electron chi connectivity index (χ3n) is 6.41. The summed E-state index contributed by atoms with van der Waals surface area (Å²) in [5, 5.41) is 3.40. The Morgan fingerprint density at radius 2 is 1.76 bits per heavy atom. The number of fused-ring (bicyclic) bond motifs is 1. The summed E-state index contributed by atoms with van der Waals surface area (Å²) < 4.78 is 40.7. The molecule has 2 unspecified atom stereocenters. The number of nitrogens with zero attached hydrogens (tertiary/aromatic N) is 2. The predicted molar refractivity (Wildman–Crippen MR) is 127 cm³/mol. The molecule has 2 aliphatic rings. The number of benzene rings is 2. The number of rotatable bonds is 7. The van der Waals surface area contributed by atoms with Crippen LogP contribution in [0.2, 0.25) is 10.0 Å². The van der Waals surface area contributed by atoms with Crippen molar-refractivity contribution in [1.29, 1.82) is 0 Å². The van der Waals surface area contributed by atoms with Crippen LogP contribution in [0.3, 0.4) is 0 Å². The standard InChI is InChI=1S/C23H26Cl2FN3O3S/c1-15-3-4-16(9-20(15)24)23(30)27-7-2-8-28-11-17-13-29(14-18(17)12-28)33(31,32)22-6-5-19(26)10-21(22)25/h3-6,9-10,17-18H,2,7-8,11-14H2,1H3,(H,27,30). The highest BCUT2D eigenvalue weighted by molar-refractivity contribution is 7.89. The van der Waals surface area contributed by atoms with Gasteiger partial charge in [0.05, 0.1) is 5.02 Å². The fourth-order valence-electron chi connectivity index (χ4n) is 4.59. The van der Waals surface area contributed by atoms with Gasteiger partial charge in [0, 0.05) is 43.3 Å². The Bertz CT molecular complexity index is 1150. The fourth-order valence-corrected chi connectivity index (χ4v) is 6.83. The Labute approximate surface area is 203 Å². The molecule has 2 saturated heterocycles. The van der Waals surface area contributed by atoms with E-state index in [2.05, 4.69) is 10.2 Å². The molecule has 0 spiro atoms. The van der Waals surface area contributed by atoms with Crippen LogP contribution in [0.5, 0.6) is 0 Å². The van der Waals surface area contributed by atoms with Crippen LogP contribution < -0.4 is 5.32 Å². The molecule has 6 nitrogen and oxygen atoms in total. The highest BCUT2D eigenvalue weighted by Gasteiger charge is 2.44. The van der Waals surface area contributed by atoms with E-state index in [0.29, 0.717) is 30.2 Å². The Hall–Kier alpha value is -1.71. The second kappa shape index (κ2) is 9.88. The average molecular weight is 514 g/mol. The van der Waals surface area contributed by atoms with Crippen LogP contribution >= 0.6 is 23.2 Å². The minimum Gasteiger partial charge on any atom is -0.352 e. The van der Waals surface area contributed by atoms with Gasteiger partial charge < -0.3 is 10.2 Å². The summed E-state index contributed by atoms with van der Waals surface area (Å²) in [6.07, 6.45) is 0.804. The number of carbonyl (C=O) groups is 1. The highest BCUT2D eigenvalue weighted by Crippen LogP contribution is 2.35. The number of hydrogen-bond acceptors (Lipinski definition) is 4. The zero-order chi connectivity index (χ0) is 23.8. The molecule has 0 aliphatic carbocycles. The molecule has 2 fully saturated rings. The molecule has 2 aromatic rings. The maximum Gasteiger partial charge on any atom is 0.251 e. The number of sulfonamides is 1. The van der Waals surface area contributed by atoms with E-state index < -0.39 is 15.8 Å². The maximum absolute atomic E-state index is 13.3. The van der Waals surface area contributed by atoms with Gasteiger partial charge >= 0.3 is 0 Å². The Balaban J connectivity index is 1.23. The number of carbonyl (C=O) groups excluding carboxylic acids is 1. The van der Waals surface area contributed by atoms with Crippen molar-refractivity contribution in [3.63, 3.8) is 0 Å². The number of hydrogen-bond donors (Lipinski definition) is 1. The van der Waals surface area contributed by atoms with Crippen LogP contribution in [0.15, 0.2) is 41.3 Å². The highest BCUT2D eigenvalue weighted by atomic mass is 35.5. The zero-order valence-corrected chi connectivity index (χ0v) is 20.6. The SMILES string of the molecule is Cc1ccc(C(=O)NCCCN2CC3CN(S(=O)(=O)c4ccc(F)cc4Cl)CC3C2)cc1Cl. The summed E-state index contributed by atoms with van der Waals surface area (Å²) in [7, 11) is -3.75. The predicted octanol–water partition coefficient (Wildman–Crippen LogP) is 3.81. The van der Waals surface area contributed by atoms with Gasteiger partial charge in [-0.15, -0.1) is 0 Å². The van der Waals surface area contributed by atoms with Gasteiger partial charge in [0.25, 0.3) is 5.91 Å². The van der Waals surface area contributed by atoms with Gasteiger partial charge in [-0.1, -0.05) is 29.3 Å². The maximum atomic E-state index is 13.3.